The molecule has 1 heterocycles. The number of nitrogens with two attached hydrogens (primary N) is 1. The molecule has 0 aromatic carbocycles. The Labute approximate surface area is 132 Å². The standard InChI is InChI=1S/C16H28N3O3/c1-16(2,3)22-15(20)12(17)9-11-21-13-8-7-10-18-14(13)19(4,5)6/h7-8,10,12H,9,11,17H2,1-6H3/q+1. The Hall–Kier alpha value is -1.66. The minimum atomic E-state index is -0.691. The van der Waals surface area contributed by atoms with Gasteiger partial charge in [0.2, 0.25) is 5.75 Å². The van der Waals surface area contributed by atoms with E-state index in [0.29, 0.717) is 23.3 Å². The van der Waals surface area contributed by atoms with Gasteiger partial charge in [0.1, 0.15) is 11.6 Å². The molecule has 124 valence electrons. The van der Waals surface area contributed by atoms with Gasteiger partial charge in [0.15, 0.2) is 0 Å². The summed E-state index contributed by atoms with van der Waals surface area (Å²) in [6.45, 7) is 5.78. The van der Waals surface area contributed by atoms with Gasteiger partial charge in [0.25, 0.3) is 5.82 Å². The first-order valence-corrected chi connectivity index (χ1v) is 7.39. The molecule has 1 aromatic rings. The van der Waals surface area contributed by atoms with Crippen LogP contribution in [0, 0.1) is 0 Å². The maximum absolute atomic E-state index is 11.8. The van der Waals surface area contributed by atoms with Crippen LogP contribution < -0.4 is 15.0 Å². The van der Waals surface area contributed by atoms with Crippen molar-refractivity contribution >= 4 is 11.8 Å². The number of quaternary nitrogens is 1. The molecule has 0 saturated heterocycles. The van der Waals surface area contributed by atoms with Crippen LogP contribution in [-0.4, -0.2) is 50.3 Å². The Morgan fingerprint density at radius 1 is 1.36 bits per heavy atom. The first-order chi connectivity index (χ1) is 10.0. The average molecular weight is 310 g/mol. The lowest BCUT2D eigenvalue weighted by Gasteiger charge is -2.24. The second kappa shape index (κ2) is 7.07. The molecule has 0 bridgehead atoms. The molecule has 1 rings (SSSR count). The fourth-order valence-electron chi connectivity index (χ4n) is 1.79. The number of pyridine rings is 1. The van der Waals surface area contributed by atoms with E-state index in [1.54, 1.807) is 6.20 Å². The molecule has 0 aliphatic heterocycles. The van der Waals surface area contributed by atoms with Gasteiger partial charge >= 0.3 is 5.97 Å². The molecular formula is C16H28N3O3+. The van der Waals surface area contributed by atoms with E-state index < -0.39 is 17.6 Å². The van der Waals surface area contributed by atoms with Crippen molar-refractivity contribution in [3.63, 3.8) is 0 Å². The second-order valence-electron chi connectivity index (χ2n) is 7.11. The smallest absolute Gasteiger partial charge is 0.323 e. The third-order valence-corrected chi connectivity index (χ3v) is 2.78. The van der Waals surface area contributed by atoms with E-state index in [4.69, 9.17) is 15.2 Å². The van der Waals surface area contributed by atoms with Gasteiger partial charge in [-0.1, -0.05) is 0 Å². The number of ether oxygens (including phenoxy) is 2. The molecule has 2 N–H and O–H groups in total. The third kappa shape index (κ3) is 5.99. The summed E-state index contributed by atoms with van der Waals surface area (Å²) in [4.78, 5) is 16.2. The fourth-order valence-corrected chi connectivity index (χ4v) is 1.79. The minimum Gasteiger partial charge on any atom is -0.486 e. The van der Waals surface area contributed by atoms with Gasteiger partial charge in [-0.2, -0.15) is 0 Å². The number of hydrogen-bond acceptors (Lipinski definition) is 5. The summed E-state index contributed by atoms with van der Waals surface area (Å²) in [5.41, 5.74) is 5.31. The van der Waals surface area contributed by atoms with E-state index in [9.17, 15) is 4.79 Å². The Morgan fingerprint density at radius 2 is 2.00 bits per heavy atom. The molecule has 0 amide bonds. The zero-order valence-electron chi connectivity index (χ0n) is 14.4. The number of esters is 1. The summed E-state index contributed by atoms with van der Waals surface area (Å²) in [7, 11) is 6.05. The van der Waals surface area contributed by atoms with Crippen LogP contribution in [0.2, 0.25) is 0 Å². The quantitative estimate of drug-likeness (QED) is 0.639. The van der Waals surface area contributed by atoms with E-state index in [1.165, 1.54) is 0 Å². The van der Waals surface area contributed by atoms with Gasteiger partial charge in [-0.3, -0.25) is 9.28 Å². The third-order valence-electron chi connectivity index (χ3n) is 2.78. The zero-order valence-corrected chi connectivity index (χ0v) is 14.4. The largest absolute Gasteiger partial charge is 0.486 e. The molecule has 0 fully saturated rings. The van der Waals surface area contributed by atoms with E-state index in [0.717, 1.165) is 5.82 Å². The van der Waals surface area contributed by atoms with Crippen molar-refractivity contribution in [2.45, 2.75) is 38.8 Å². The summed E-state index contributed by atoms with van der Waals surface area (Å²) in [5.74, 6) is 1.12. The topological polar surface area (TPSA) is 74.4 Å². The van der Waals surface area contributed by atoms with Gasteiger partial charge in [-0.25, -0.2) is 4.98 Å². The number of carbonyl (C=O) groups excluding carboxylic acids is 1. The average Bonchev–Trinajstić information content (AvgIpc) is 2.36. The summed E-state index contributed by atoms with van der Waals surface area (Å²) in [6.07, 6.45) is 2.12. The van der Waals surface area contributed by atoms with Crippen molar-refractivity contribution in [3.05, 3.63) is 18.3 Å². The highest BCUT2D eigenvalue weighted by Crippen LogP contribution is 2.27. The Morgan fingerprint density at radius 3 is 2.55 bits per heavy atom. The lowest BCUT2D eigenvalue weighted by molar-refractivity contribution is -0.156. The molecular weight excluding hydrogens is 282 g/mol. The molecule has 22 heavy (non-hydrogen) atoms. The number of rotatable bonds is 6. The van der Waals surface area contributed by atoms with Crippen LogP contribution in [-0.2, 0) is 9.53 Å². The molecule has 0 saturated carbocycles. The second-order valence-corrected chi connectivity index (χ2v) is 7.11. The van der Waals surface area contributed by atoms with Crippen LogP contribution in [0.5, 0.6) is 5.75 Å². The van der Waals surface area contributed by atoms with Crippen molar-refractivity contribution in [2.75, 3.05) is 27.7 Å². The first-order valence-electron chi connectivity index (χ1n) is 7.39. The highest BCUT2D eigenvalue weighted by atomic mass is 16.6. The maximum Gasteiger partial charge on any atom is 0.323 e. The Bertz CT molecular complexity index is 504. The molecule has 0 aliphatic rings. The highest BCUT2D eigenvalue weighted by molar-refractivity contribution is 5.75. The Balaban J connectivity index is 2.57. The van der Waals surface area contributed by atoms with E-state index in [1.807, 2.05) is 54.0 Å². The maximum atomic E-state index is 11.8. The highest BCUT2D eigenvalue weighted by Gasteiger charge is 2.23. The molecule has 0 aliphatic carbocycles. The van der Waals surface area contributed by atoms with Crippen LogP contribution in [0.25, 0.3) is 0 Å². The van der Waals surface area contributed by atoms with E-state index in [2.05, 4.69) is 4.98 Å². The van der Waals surface area contributed by atoms with Gasteiger partial charge in [0.05, 0.1) is 27.7 Å². The normalized spacial score (nSPS) is 13.6. The molecule has 0 spiro atoms. The van der Waals surface area contributed by atoms with Crippen LogP contribution in [0.15, 0.2) is 18.3 Å². The summed E-state index contributed by atoms with van der Waals surface area (Å²) < 4.78 is 11.5. The van der Waals surface area contributed by atoms with E-state index >= 15 is 0 Å². The van der Waals surface area contributed by atoms with Crippen LogP contribution in [0.3, 0.4) is 0 Å². The van der Waals surface area contributed by atoms with Crippen molar-refractivity contribution in [1.82, 2.24) is 9.47 Å². The van der Waals surface area contributed by atoms with Crippen LogP contribution >= 0.6 is 0 Å². The monoisotopic (exact) mass is 310 g/mol. The lowest BCUT2D eigenvalue weighted by Crippen LogP contribution is -2.38. The van der Waals surface area contributed by atoms with Crippen molar-refractivity contribution in [2.24, 2.45) is 5.73 Å². The van der Waals surface area contributed by atoms with Gasteiger partial charge in [0, 0.05) is 12.6 Å². The van der Waals surface area contributed by atoms with Crippen molar-refractivity contribution in [3.8, 4) is 5.75 Å². The van der Waals surface area contributed by atoms with Crippen molar-refractivity contribution in [1.29, 1.82) is 0 Å². The van der Waals surface area contributed by atoms with E-state index in [-0.39, 0.29) is 0 Å². The predicted molar refractivity (Wildman–Crippen MR) is 87.7 cm³/mol. The lowest BCUT2D eigenvalue weighted by atomic mass is 10.1. The number of hydrogen-bond donors (Lipinski definition) is 1. The first kappa shape index (κ1) is 18.4. The van der Waals surface area contributed by atoms with Gasteiger partial charge in [-0.15, -0.1) is 0 Å². The summed E-state index contributed by atoms with van der Waals surface area (Å²) in [6, 6.07) is 3.00. The molecule has 6 nitrogen and oxygen atoms in total. The SMILES string of the molecule is CC(C)(C)OC(=O)C(N)CCOc1cccnc1[N+](C)(C)C. The minimum absolute atomic E-state index is 0.332. The fraction of sp³-hybridized carbons (Fsp3) is 0.625. The summed E-state index contributed by atoms with van der Waals surface area (Å²) >= 11 is 0. The van der Waals surface area contributed by atoms with Crippen LogP contribution in [0.4, 0.5) is 5.82 Å². The molecule has 1 aromatic heterocycles. The van der Waals surface area contributed by atoms with Crippen molar-refractivity contribution < 1.29 is 14.3 Å². The van der Waals surface area contributed by atoms with Gasteiger partial charge in [-0.05, 0) is 32.9 Å². The molecule has 6 heteroatoms. The van der Waals surface area contributed by atoms with Crippen LogP contribution in [0.1, 0.15) is 27.2 Å². The number of aromatic nitrogens is 1. The number of carbonyl (C=O) groups is 1. The Kier molecular flexibility index (Phi) is 5.91. The molecule has 1 atom stereocenters. The summed E-state index contributed by atoms with van der Waals surface area (Å²) in [5, 5.41) is 0. The molecule has 1 unspecified atom stereocenters. The number of nitrogens with zero attached hydrogens (tertiary/aromatic N) is 2. The van der Waals surface area contributed by atoms with Gasteiger partial charge < -0.3 is 15.2 Å². The zero-order chi connectivity index (χ0) is 17.0. The molecule has 0 radical (unpaired) electrons. The predicted octanol–water partition coefficient (Wildman–Crippen LogP) is 1.72.